The van der Waals surface area contributed by atoms with Crippen LogP contribution in [-0.4, -0.2) is 125 Å². The molecule has 4 aliphatic heterocycles. The molecule has 27 heteroatoms. The molecule has 13 rings (SSSR count). The molecule has 4 aromatic heterocycles. The average Bonchev–Trinajstić information content (AvgIpc) is 1.66. The fourth-order valence-electron chi connectivity index (χ4n) is 10.7. The van der Waals surface area contributed by atoms with Gasteiger partial charge in [-0.2, -0.15) is 0 Å². The Morgan fingerprint density at radius 2 is 1.25 bits per heavy atom. The van der Waals surface area contributed by atoms with E-state index in [4.69, 9.17) is 60.6 Å². The standard InChI is InChI=1S/C34H29Cl2FN6O4S.C27H25Cl2N7O3S/c1-42(16-23-6-3-11-46-23)15-19-7-9-22(10-8-19)40-32(44)30-29-28-31(38-18-39-33(28)48-30)43(34(45)41-29)26-14-27(25(36)13-24(26)35)47-17-20-4-2-5-21(37)12-20;1-34-7-9-35(10-8-34)13-15-3-5-16(6-4-15)32-25(37)23-22-21-24(30-14-31-26(21)40-23)36(27(38)33-22)19-12-20(39-2)18(29)11-17(19)28/h2,4-5,7-10,12-14,18,23H,3,6,11,15-17H2,1H3,(H,40,44)(H,41,45);3-6,11-12,14H,7-10,13H2,1-2H3,(H,32,37)(H,33,38)/t23-;/m1./s1. The van der Waals surface area contributed by atoms with Crippen molar-refractivity contribution < 1.29 is 37.8 Å². The largest absolute Gasteiger partial charge is 0.495 e. The van der Waals surface area contributed by atoms with Gasteiger partial charge in [0.25, 0.3) is 11.8 Å². The van der Waals surface area contributed by atoms with E-state index in [0.717, 1.165) is 82.2 Å². The van der Waals surface area contributed by atoms with Crippen molar-refractivity contribution in [1.29, 1.82) is 0 Å². The Kier molecular flexibility index (Phi) is 17.9. The van der Waals surface area contributed by atoms with Crippen LogP contribution in [0.5, 0.6) is 11.5 Å². The van der Waals surface area contributed by atoms with E-state index in [1.165, 1.54) is 76.8 Å². The summed E-state index contributed by atoms with van der Waals surface area (Å²) >= 11 is 28.0. The number of methoxy groups -OCH3 is 1. The van der Waals surface area contributed by atoms with Gasteiger partial charge in [0.1, 0.15) is 56.0 Å². The molecule has 4 aliphatic rings. The molecule has 0 saturated carbocycles. The number of nitrogens with one attached hydrogen (secondary N) is 4. The lowest BCUT2D eigenvalue weighted by molar-refractivity contribution is 0.0793. The number of urea groups is 2. The molecule has 9 aromatic rings. The Hall–Kier alpha value is -7.81. The predicted octanol–water partition coefficient (Wildman–Crippen LogP) is 14.0. The molecule has 0 unspecified atom stereocenters. The fraction of sp³-hybridized carbons (Fsp3) is 0.246. The van der Waals surface area contributed by atoms with Crippen molar-refractivity contribution in [1.82, 2.24) is 34.6 Å². The topological polar surface area (TPSA) is 212 Å². The molecule has 5 aromatic carbocycles. The van der Waals surface area contributed by atoms with E-state index in [2.05, 4.69) is 70.0 Å². The predicted molar refractivity (Wildman–Crippen MR) is 344 cm³/mol. The minimum Gasteiger partial charge on any atom is -0.495 e. The molecule has 0 bridgehead atoms. The molecule has 2 saturated heterocycles. The number of likely N-dealkylation sites (N-methyl/N-ethyl adjacent to an activating group) is 2. The third kappa shape index (κ3) is 12.9. The van der Waals surface area contributed by atoms with Gasteiger partial charge in [-0.05, 0) is 92.2 Å². The summed E-state index contributed by atoms with van der Waals surface area (Å²) in [7, 11) is 5.68. The zero-order valence-electron chi connectivity index (χ0n) is 47.3. The number of aromatic nitrogens is 4. The number of thiophene rings is 2. The van der Waals surface area contributed by atoms with Crippen molar-refractivity contribution in [3.05, 3.63) is 162 Å². The number of anilines is 8. The van der Waals surface area contributed by atoms with Crippen molar-refractivity contribution in [3.63, 3.8) is 0 Å². The van der Waals surface area contributed by atoms with Gasteiger partial charge in [0.2, 0.25) is 0 Å². The first kappa shape index (κ1) is 60.5. The van der Waals surface area contributed by atoms with Crippen LogP contribution < -0.4 is 40.5 Å². The maximum atomic E-state index is 13.7. The minimum atomic E-state index is -0.591. The van der Waals surface area contributed by atoms with Crippen LogP contribution in [0.15, 0.2) is 110 Å². The summed E-state index contributed by atoms with van der Waals surface area (Å²) in [6.07, 6.45) is 5.15. The van der Waals surface area contributed by atoms with Gasteiger partial charge in [-0.15, -0.1) is 22.7 Å². The Morgan fingerprint density at radius 1 is 0.705 bits per heavy atom. The van der Waals surface area contributed by atoms with Crippen molar-refractivity contribution in [2.45, 2.75) is 38.6 Å². The summed E-state index contributed by atoms with van der Waals surface area (Å²) in [5, 5.41) is 13.5. The highest BCUT2D eigenvalue weighted by Crippen LogP contribution is 2.50. The van der Waals surface area contributed by atoms with Crippen LogP contribution in [0.4, 0.5) is 59.7 Å². The molecule has 8 heterocycles. The second kappa shape index (κ2) is 26.1. The average molecular weight is 1310 g/mol. The second-order valence-corrected chi connectivity index (χ2v) is 24.8. The number of halogens is 5. The van der Waals surface area contributed by atoms with Crippen LogP contribution >= 0.6 is 69.1 Å². The number of hydrogen-bond acceptors (Lipinski definition) is 16. The number of nitrogens with zero attached hydrogens (tertiary/aromatic N) is 9. The molecular formula is C61H54Cl4FN13O7S2. The lowest BCUT2D eigenvalue weighted by Crippen LogP contribution is -2.43. The van der Waals surface area contributed by atoms with E-state index in [9.17, 15) is 23.6 Å². The highest BCUT2D eigenvalue weighted by molar-refractivity contribution is 7.22. The zero-order valence-corrected chi connectivity index (χ0v) is 52.0. The number of carbonyl (C=O) groups is 4. The second-order valence-electron chi connectivity index (χ2n) is 21.2. The van der Waals surface area contributed by atoms with Gasteiger partial charge >= 0.3 is 12.1 Å². The Labute approximate surface area is 532 Å². The van der Waals surface area contributed by atoms with Gasteiger partial charge < -0.3 is 40.4 Å². The van der Waals surface area contributed by atoms with Gasteiger partial charge in [-0.3, -0.25) is 19.4 Å². The highest BCUT2D eigenvalue weighted by atomic mass is 35.5. The van der Waals surface area contributed by atoms with Crippen LogP contribution in [0.1, 0.15) is 48.9 Å². The summed E-state index contributed by atoms with van der Waals surface area (Å²) in [6, 6.07) is 26.4. The van der Waals surface area contributed by atoms with Crippen molar-refractivity contribution >= 4 is 159 Å². The smallest absolute Gasteiger partial charge is 0.332 e. The normalized spacial score (nSPS) is 15.7. The molecule has 20 nitrogen and oxygen atoms in total. The molecular weight excluding hydrogens is 1250 g/mol. The summed E-state index contributed by atoms with van der Waals surface area (Å²) in [5.41, 5.74) is 5.42. The number of hydrogen-bond donors (Lipinski definition) is 4. The van der Waals surface area contributed by atoms with E-state index < -0.39 is 23.8 Å². The molecule has 4 N–H and O–H groups in total. The van der Waals surface area contributed by atoms with E-state index in [0.29, 0.717) is 75.9 Å². The highest BCUT2D eigenvalue weighted by Gasteiger charge is 2.37. The number of ether oxygens (including phenoxy) is 3. The Bertz CT molecular complexity index is 4170. The van der Waals surface area contributed by atoms with Crippen LogP contribution in [-0.2, 0) is 24.4 Å². The fourth-order valence-corrected chi connectivity index (χ4v) is 13.7. The lowest BCUT2D eigenvalue weighted by Gasteiger charge is -2.32. The summed E-state index contributed by atoms with van der Waals surface area (Å²) in [5.74, 6) is -0.00724. The molecule has 88 heavy (non-hydrogen) atoms. The Balaban J connectivity index is 0.000000174. The van der Waals surface area contributed by atoms with Crippen LogP contribution in [0.25, 0.3) is 20.4 Å². The zero-order chi connectivity index (χ0) is 61.3. The molecule has 0 aliphatic carbocycles. The monoisotopic (exact) mass is 1300 g/mol. The van der Waals surface area contributed by atoms with Crippen LogP contribution in [0, 0.1) is 5.82 Å². The lowest BCUT2D eigenvalue weighted by atomic mass is 10.1. The van der Waals surface area contributed by atoms with E-state index in [-0.39, 0.29) is 55.8 Å². The molecule has 2 fully saturated rings. The minimum absolute atomic E-state index is 0.0330. The number of rotatable bonds is 16. The SMILES string of the molecule is CN(Cc1ccc(NC(=O)c2sc3ncnc4c3c2NC(=O)N4c2cc(OCc3cccc(F)c3)c(Cl)cc2Cl)cc1)C[C@H]1CCCO1.COc1cc(N2C(=O)Nc3c(C(=O)Nc4ccc(CN5CCN(C)CC5)cc4)sc4ncnc2c34)c(Cl)cc1Cl. The Morgan fingerprint density at radius 3 is 1.78 bits per heavy atom. The molecule has 452 valence electrons. The van der Waals surface area contributed by atoms with Crippen molar-refractivity contribution in [2.24, 2.45) is 0 Å². The quantitative estimate of drug-likeness (QED) is 0.0709. The van der Waals surface area contributed by atoms with Gasteiger partial charge in [0.15, 0.2) is 11.6 Å². The van der Waals surface area contributed by atoms with E-state index in [1.54, 1.807) is 18.2 Å². The van der Waals surface area contributed by atoms with E-state index in [1.807, 2.05) is 48.5 Å². The molecule has 1 atom stereocenters. The maximum Gasteiger partial charge on any atom is 0.332 e. The first-order valence-electron chi connectivity index (χ1n) is 27.7. The van der Waals surface area contributed by atoms with Gasteiger partial charge in [0, 0.05) is 75.9 Å². The first-order chi connectivity index (χ1) is 42.5. The number of carbonyl (C=O) groups excluding carboxylic acids is 4. The van der Waals surface area contributed by atoms with Crippen molar-refractivity contribution in [2.75, 3.05) is 91.6 Å². The summed E-state index contributed by atoms with van der Waals surface area (Å²) in [4.78, 5) is 82.7. The third-order valence-electron chi connectivity index (χ3n) is 15.0. The van der Waals surface area contributed by atoms with Crippen molar-refractivity contribution in [3.8, 4) is 11.5 Å². The van der Waals surface area contributed by atoms with Crippen LogP contribution in [0.2, 0.25) is 20.1 Å². The summed E-state index contributed by atoms with van der Waals surface area (Å²) in [6.45, 7) is 7.57. The number of benzene rings is 5. The van der Waals surface area contributed by atoms with Gasteiger partial charge in [-0.1, -0.05) is 82.8 Å². The van der Waals surface area contributed by atoms with Crippen LogP contribution in [0.3, 0.4) is 0 Å². The number of piperazine rings is 1. The van der Waals surface area contributed by atoms with Gasteiger partial charge in [0.05, 0.1) is 66.8 Å². The molecule has 6 amide bonds. The first-order valence-corrected chi connectivity index (χ1v) is 30.9. The third-order valence-corrected chi connectivity index (χ3v) is 18.4. The van der Waals surface area contributed by atoms with E-state index >= 15 is 0 Å². The van der Waals surface area contributed by atoms with Gasteiger partial charge in [-0.25, -0.2) is 43.7 Å². The maximum absolute atomic E-state index is 13.7. The molecule has 0 spiro atoms. The number of amides is 6. The summed E-state index contributed by atoms with van der Waals surface area (Å²) < 4.78 is 30.6. The molecule has 0 radical (unpaired) electrons.